The van der Waals surface area contributed by atoms with E-state index in [2.05, 4.69) is 0 Å². The lowest BCUT2D eigenvalue weighted by Crippen LogP contribution is -2.27. The molecule has 30 heavy (non-hydrogen) atoms. The quantitative estimate of drug-likeness (QED) is 0.612. The molecule has 2 aromatic carbocycles. The van der Waals surface area contributed by atoms with Crippen molar-refractivity contribution in [2.75, 3.05) is 20.8 Å². The molecule has 0 saturated heterocycles. The maximum absolute atomic E-state index is 14.2. The van der Waals surface area contributed by atoms with Crippen LogP contribution in [0.2, 0.25) is 0 Å². The van der Waals surface area contributed by atoms with Gasteiger partial charge < -0.3 is 24.1 Å². The molecule has 0 bridgehead atoms. The minimum absolute atomic E-state index is 0.108. The van der Waals surface area contributed by atoms with Gasteiger partial charge in [0.15, 0.2) is 18.1 Å². The van der Waals surface area contributed by atoms with E-state index in [0.29, 0.717) is 24.3 Å². The van der Waals surface area contributed by atoms with E-state index in [-0.39, 0.29) is 17.9 Å². The largest absolute Gasteiger partial charge is 0.493 e. The van der Waals surface area contributed by atoms with Crippen molar-refractivity contribution in [1.82, 2.24) is 0 Å². The molecule has 2 aromatic rings. The van der Waals surface area contributed by atoms with Crippen LogP contribution < -0.4 is 14.2 Å². The highest BCUT2D eigenvalue weighted by Gasteiger charge is 2.18. The second-order valence-electron chi connectivity index (χ2n) is 7.80. The lowest BCUT2D eigenvalue weighted by Gasteiger charge is -2.19. The molecule has 0 radical (unpaired) electrons. The molecule has 0 fully saturated rings. The number of aliphatic hydroxyl groups is 1. The first-order valence-corrected chi connectivity index (χ1v) is 9.66. The summed E-state index contributed by atoms with van der Waals surface area (Å²) >= 11 is 0. The van der Waals surface area contributed by atoms with Gasteiger partial charge in [0.05, 0.1) is 20.3 Å². The summed E-state index contributed by atoms with van der Waals surface area (Å²) in [5, 5.41) is 10.5. The van der Waals surface area contributed by atoms with Crippen molar-refractivity contribution >= 4 is 5.97 Å². The van der Waals surface area contributed by atoms with E-state index >= 15 is 0 Å². The van der Waals surface area contributed by atoms with Crippen LogP contribution in [0.5, 0.6) is 17.2 Å². The topological polar surface area (TPSA) is 74.2 Å². The van der Waals surface area contributed by atoms with Crippen LogP contribution in [0, 0.1) is 5.82 Å². The van der Waals surface area contributed by atoms with Crippen molar-refractivity contribution in [2.45, 2.75) is 45.3 Å². The standard InChI is InChI=1S/C23H29FO6/c1-23(2,3)30-22(26)14-29-16-8-9-18(24)17(13-16)19(25)10-6-15-7-11-20(27-4)21(12-15)28-5/h7-9,11-13,19,25H,6,10,14H2,1-5H3/t19-/m1/s1. The summed E-state index contributed by atoms with van der Waals surface area (Å²) in [7, 11) is 3.11. The SMILES string of the molecule is COc1ccc(CC[C@@H](O)c2cc(OCC(=O)OC(C)(C)C)ccc2F)cc1OC. The van der Waals surface area contributed by atoms with Crippen LogP contribution in [0.3, 0.4) is 0 Å². The molecule has 7 heteroatoms. The summed E-state index contributed by atoms with van der Waals surface area (Å²) < 4.78 is 35.3. The molecule has 0 aliphatic carbocycles. The van der Waals surface area contributed by atoms with E-state index in [0.717, 1.165) is 5.56 Å². The number of hydrogen-bond donors (Lipinski definition) is 1. The third kappa shape index (κ3) is 6.91. The fourth-order valence-corrected chi connectivity index (χ4v) is 2.88. The predicted molar refractivity (Wildman–Crippen MR) is 111 cm³/mol. The van der Waals surface area contributed by atoms with Gasteiger partial charge in [-0.2, -0.15) is 0 Å². The zero-order valence-electron chi connectivity index (χ0n) is 18.0. The van der Waals surface area contributed by atoms with Crippen LogP contribution in [0.4, 0.5) is 4.39 Å². The average molecular weight is 420 g/mol. The van der Waals surface area contributed by atoms with E-state index < -0.39 is 23.5 Å². The maximum atomic E-state index is 14.2. The molecule has 1 atom stereocenters. The molecule has 164 valence electrons. The molecule has 0 amide bonds. The van der Waals surface area contributed by atoms with Crippen molar-refractivity contribution in [3.05, 3.63) is 53.3 Å². The van der Waals surface area contributed by atoms with E-state index in [1.54, 1.807) is 41.1 Å². The Balaban J connectivity index is 2.01. The highest BCUT2D eigenvalue weighted by molar-refractivity contribution is 5.71. The number of rotatable bonds is 9. The predicted octanol–water partition coefficient (Wildman–Crippen LogP) is 4.23. The van der Waals surface area contributed by atoms with Crippen LogP contribution in [-0.4, -0.2) is 37.5 Å². The number of carbonyl (C=O) groups excluding carboxylic acids is 1. The van der Waals surface area contributed by atoms with Gasteiger partial charge in [-0.25, -0.2) is 9.18 Å². The first-order chi connectivity index (χ1) is 14.1. The minimum Gasteiger partial charge on any atom is -0.493 e. The van der Waals surface area contributed by atoms with Gasteiger partial charge in [-0.15, -0.1) is 0 Å². The van der Waals surface area contributed by atoms with E-state index in [1.165, 1.54) is 18.2 Å². The third-order valence-corrected chi connectivity index (χ3v) is 4.26. The monoisotopic (exact) mass is 420 g/mol. The van der Waals surface area contributed by atoms with Crippen molar-refractivity contribution in [1.29, 1.82) is 0 Å². The number of esters is 1. The zero-order chi connectivity index (χ0) is 22.3. The van der Waals surface area contributed by atoms with Gasteiger partial charge in [-0.1, -0.05) is 6.07 Å². The van der Waals surface area contributed by atoms with Crippen LogP contribution >= 0.6 is 0 Å². The summed E-state index contributed by atoms with van der Waals surface area (Å²) in [4.78, 5) is 11.8. The van der Waals surface area contributed by atoms with Gasteiger partial charge >= 0.3 is 5.97 Å². The number of methoxy groups -OCH3 is 2. The minimum atomic E-state index is -1.04. The second kappa shape index (κ2) is 10.3. The average Bonchev–Trinajstić information content (AvgIpc) is 2.69. The third-order valence-electron chi connectivity index (χ3n) is 4.26. The van der Waals surface area contributed by atoms with Crippen molar-refractivity contribution in [3.8, 4) is 17.2 Å². The molecule has 0 aromatic heterocycles. The first kappa shape index (κ1) is 23.5. The molecule has 0 heterocycles. The van der Waals surface area contributed by atoms with Gasteiger partial charge in [-0.05, 0) is 69.5 Å². The molecule has 0 spiro atoms. The molecular formula is C23H29FO6. The number of aliphatic hydroxyl groups excluding tert-OH is 1. The Bertz CT molecular complexity index is 859. The molecule has 0 unspecified atom stereocenters. The fourth-order valence-electron chi connectivity index (χ4n) is 2.88. The first-order valence-electron chi connectivity index (χ1n) is 9.66. The summed E-state index contributed by atoms with van der Waals surface area (Å²) in [6.45, 7) is 4.98. The Morgan fingerprint density at radius 3 is 2.40 bits per heavy atom. The summed E-state index contributed by atoms with van der Waals surface area (Å²) in [5.41, 5.74) is 0.413. The summed E-state index contributed by atoms with van der Waals surface area (Å²) in [6, 6.07) is 9.49. The van der Waals surface area contributed by atoms with Gasteiger partial charge in [0.1, 0.15) is 17.2 Å². The van der Waals surface area contributed by atoms with E-state index in [9.17, 15) is 14.3 Å². The Morgan fingerprint density at radius 2 is 1.77 bits per heavy atom. The summed E-state index contributed by atoms with van der Waals surface area (Å²) in [6.07, 6.45) is -0.241. The van der Waals surface area contributed by atoms with Gasteiger partial charge in [0.25, 0.3) is 0 Å². The highest BCUT2D eigenvalue weighted by atomic mass is 19.1. The lowest BCUT2D eigenvalue weighted by molar-refractivity contribution is -0.157. The summed E-state index contributed by atoms with van der Waals surface area (Å²) in [5.74, 6) is 0.417. The molecule has 0 saturated carbocycles. The Kier molecular flexibility index (Phi) is 8.06. The molecule has 2 rings (SSSR count). The van der Waals surface area contributed by atoms with Crippen LogP contribution in [-0.2, 0) is 16.0 Å². The van der Waals surface area contributed by atoms with E-state index in [4.69, 9.17) is 18.9 Å². The van der Waals surface area contributed by atoms with Gasteiger partial charge in [0, 0.05) is 5.56 Å². The highest BCUT2D eigenvalue weighted by Crippen LogP contribution is 2.30. The zero-order valence-corrected chi connectivity index (χ0v) is 18.0. The van der Waals surface area contributed by atoms with Gasteiger partial charge in [0.2, 0.25) is 0 Å². The van der Waals surface area contributed by atoms with Crippen LogP contribution in [0.1, 0.15) is 44.4 Å². The molecule has 0 aliphatic heterocycles. The normalized spacial score (nSPS) is 12.2. The van der Waals surface area contributed by atoms with Crippen LogP contribution in [0.15, 0.2) is 36.4 Å². The number of hydrogen-bond acceptors (Lipinski definition) is 6. The number of carbonyl (C=O) groups is 1. The lowest BCUT2D eigenvalue weighted by atomic mass is 10.0. The van der Waals surface area contributed by atoms with Crippen molar-refractivity contribution in [2.24, 2.45) is 0 Å². The Hall–Kier alpha value is -2.80. The number of aryl methyl sites for hydroxylation is 1. The van der Waals surface area contributed by atoms with Gasteiger partial charge in [-0.3, -0.25) is 0 Å². The van der Waals surface area contributed by atoms with Crippen LogP contribution in [0.25, 0.3) is 0 Å². The molecular weight excluding hydrogens is 391 g/mol. The maximum Gasteiger partial charge on any atom is 0.344 e. The Labute approximate surface area is 176 Å². The fraction of sp³-hybridized carbons (Fsp3) is 0.435. The Morgan fingerprint density at radius 1 is 1.07 bits per heavy atom. The van der Waals surface area contributed by atoms with Crippen molar-refractivity contribution < 1.29 is 33.2 Å². The molecule has 0 aliphatic rings. The second-order valence-corrected chi connectivity index (χ2v) is 7.80. The van der Waals surface area contributed by atoms with E-state index in [1.807, 2.05) is 12.1 Å². The number of halogens is 1. The smallest absolute Gasteiger partial charge is 0.344 e. The molecule has 1 N–H and O–H groups in total. The molecule has 6 nitrogen and oxygen atoms in total. The number of benzene rings is 2. The van der Waals surface area contributed by atoms with Crippen molar-refractivity contribution in [3.63, 3.8) is 0 Å². The number of ether oxygens (including phenoxy) is 4.